The minimum absolute atomic E-state index is 0.172. The van der Waals surface area contributed by atoms with Crippen molar-refractivity contribution in [3.63, 3.8) is 0 Å². The van der Waals surface area contributed by atoms with Gasteiger partial charge in [-0.3, -0.25) is 14.4 Å². The summed E-state index contributed by atoms with van der Waals surface area (Å²) in [5.74, 6) is 0.142. The van der Waals surface area contributed by atoms with Crippen LogP contribution in [0.15, 0.2) is 35.1 Å². The molecule has 0 radical (unpaired) electrons. The summed E-state index contributed by atoms with van der Waals surface area (Å²) in [5.41, 5.74) is 2.90. The number of pyridine rings is 1. The molecule has 0 unspecified atom stereocenters. The highest BCUT2D eigenvalue weighted by molar-refractivity contribution is 6.04. The first-order valence-corrected chi connectivity index (χ1v) is 12.4. The summed E-state index contributed by atoms with van der Waals surface area (Å²) in [5, 5.41) is 2.85. The van der Waals surface area contributed by atoms with Gasteiger partial charge in [-0.1, -0.05) is 32.1 Å². The van der Waals surface area contributed by atoms with Crippen LogP contribution in [0.5, 0.6) is 5.75 Å². The zero-order chi connectivity index (χ0) is 23.2. The van der Waals surface area contributed by atoms with Gasteiger partial charge in [-0.2, -0.15) is 0 Å². The quantitative estimate of drug-likeness (QED) is 0.498. The average molecular weight is 451 g/mol. The van der Waals surface area contributed by atoms with Crippen molar-refractivity contribution in [1.29, 1.82) is 0 Å². The van der Waals surface area contributed by atoms with E-state index in [1.807, 2.05) is 10.6 Å². The number of ether oxygens (including phenoxy) is 1. The molecule has 2 aliphatic rings. The number of benzene rings is 1. The fourth-order valence-corrected chi connectivity index (χ4v) is 5.19. The summed E-state index contributed by atoms with van der Waals surface area (Å²) in [4.78, 5) is 37.8. The third-order valence-electron chi connectivity index (χ3n) is 6.88. The van der Waals surface area contributed by atoms with Crippen LogP contribution in [0.2, 0.25) is 0 Å². The van der Waals surface area contributed by atoms with Gasteiger partial charge >= 0.3 is 5.97 Å². The van der Waals surface area contributed by atoms with Crippen molar-refractivity contribution >= 4 is 17.6 Å². The number of nitrogens with one attached hydrogen (secondary N) is 1. The SMILES string of the molecule is CC(=O)Oc1ccc(NC(=O)c2cc3c(n(CC4CCCCC4)c2=O)CCCCCC3)cc1. The third-order valence-corrected chi connectivity index (χ3v) is 6.88. The number of hydrogen-bond acceptors (Lipinski definition) is 4. The van der Waals surface area contributed by atoms with Crippen molar-refractivity contribution in [1.82, 2.24) is 4.57 Å². The summed E-state index contributed by atoms with van der Waals surface area (Å²) in [6.07, 6.45) is 12.5. The summed E-state index contributed by atoms with van der Waals surface area (Å²) in [7, 11) is 0. The molecule has 6 nitrogen and oxygen atoms in total. The molecule has 1 heterocycles. The van der Waals surface area contributed by atoms with Crippen LogP contribution in [0.3, 0.4) is 0 Å². The molecule has 0 atom stereocenters. The number of carbonyl (C=O) groups is 2. The van der Waals surface area contributed by atoms with Gasteiger partial charge < -0.3 is 14.6 Å². The number of amides is 1. The summed E-state index contributed by atoms with van der Waals surface area (Å²) >= 11 is 0. The van der Waals surface area contributed by atoms with Gasteiger partial charge in [0.1, 0.15) is 11.3 Å². The fourth-order valence-electron chi connectivity index (χ4n) is 5.19. The maximum atomic E-state index is 13.6. The second kappa shape index (κ2) is 10.8. The second-order valence-corrected chi connectivity index (χ2v) is 9.44. The minimum atomic E-state index is -0.397. The largest absolute Gasteiger partial charge is 0.427 e. The monoisotopic (exact) mass is 450 g/mol. The van der Waals surface area contributed by atoms with Crippen LogP contribution >= 0.6 is 0 Å². The lowest BCUT2D eigenvalue weighted by Gasteiger charge is -2.26. The van der Waals surface area contributed by atoms with Gasteiger partial charge in [0.05, 0.1) is 0 Å². The predicted molar refractivity (Wildman–Crippen MR) is 129 cm³/mol. The molecular formula is C27H34N2O4. The number of anilines is 1. The van der Waals surface area contributed by atoms with Gasteiger partial charge in [-0.15, -0.1) is 0 Å². The van der Waals surface area contributed by atoms with E-state index < -0.39 is 5.97 Å². The molecule has 1 N–H and O–H groups in total. The Balaban J connectivity index is 1.63. The molecule has 1 amide bonds. The lowest BCUT2D eigenvalue weighted by molar-refractivity contribution is -0.131. The van der Waals surface area contributed by atoms with Crippen molar-refractivity contribution < 1.29 is 14.3 Å². The van der Waals surface area contributed by atoms with Crippen LogP contribution in [0.4, 0.5) is 5.69 Å². The number of nitrogens with zero attached hydrogens (tertiary/aromatic N) is 1. The Hall–Kier alpha value is -2.89. The van der Waals surface area contributed by atoms with Crippen LogP contribution in [0, 0.1) is 5.92 Å². The number of esters is 1. The third kappa shape index (κ3) is 5.92. The summed E-state index contributed by atoms with van der Waals surface area (Å²) in [6.45, 7) is 2.06. The average Bonchev–Trinajstić information content (AvgIpc) is 2.78. The first-order chi connectivity index (χ1) is 16.0. The van der Waals surface area contributed by atoms with Gasteiger partial charge in [0.15, 0.2) is 0 Å². The van der Waals surface area contributed by atoms with Crippen molar-refractivity contribution in [2.45, 2.75) is 84.1 Å². The highest BCUT2D eigenvalue weighted by Crippen LogP contribution is 2.27. The van der Waals surface area contributed by atoms with Crippen LogP contribution < -0.4 is 15.6 Å². The van der Waals surface area contributed by atoms with E-state index in [9.17, 15) is 14.4 Å². The first-order valence-electron chi connectivity index (χ1n) is 12.4. The number of aromatic nitrogens is 1. The Morgan fingerprint density at radius 2 is 1.64 bits per heavy atom. The maximum Gasteiger partial charge on any atom is 0.308 e. The van der Waals surface area contributed by atoms with Gasteiger partial charge in [-0.05, 0) is 80.3 Å². The number of hydrogen-bond donors (Lipinski definition) is 1. The standard InChI is InChI=1S/C27H34N2O4/c1-19(30)33-23-15-13-22(14-16-23)28-26(31)24-17-21-11-7-2-3-8-12-25(21)29(27(24)32)18-20-9-5-4-6-10-20/h13-17,20H,2-12,18H2,1H3,(H,28,31). The number of aryl methyl sites for hydroxylation is 1. The Morgan fingerprint density at radius 3 is 2.33 bits per heavy atom. The van der Waals surface area contributed by atoms with Gasteiger partial charge in [0.25, 0.3) is 11.5 Å². The lowest BCUT2D eigenvalue weighted by atomic mass is 9.88. The highest BCUT2D eigenvalue weighted by Gasteiger charge is 2.23. The number of fused-ring (bicyclic) bond motifs is 1. The van der Waals surface area contributed by atoms with E-state index in [1.54, 1.807) is 24.3 Å². The molecule has 1 aromatic carbocycles. The Morgan fingerprint density at radius 1 is 0.970 bits per heavy atom. The Labute approximate surface area is 195 Å². The van der Waals surface area contributed by atoms with E-state index in [0.717, 1.165) is 56.3 Å². The molecule has 33 heavy (non-hydrogen) atoms. The molecular weight excluding hydrogens is 416 g/mol. The van der Waals surface area contributed by atoms with Crippen LogP contribution in [-0.2, 0) is 24.2 Å². The first kappa shape index (κ1) is 23.3. The molecule has 6 heteroatoms. The molecule has 0 saturated heterocycles. The molecule has 1 fully saturated rings. The lowest BCUT2D eigenvalue weighted by Crippen LogP contribution is -2.35. The normalized spacial score (nSPS) is 16.9. The molecule has 176 valence electrons. The zero-order valence-electron chi connectivity index (χ0n) is 19.5. The second-order valence-electron chi connectivity index (χ2n) is 9.44. The Kier molecular flexibility index (Phi) is 7.63. The van der Waals surface area contributed by atoms with Gasteiger partial charge in [-0.25, -0.2) is 0 Å². The molecule has 2 aliphatic carbocycles. The van der Waals surface area contributed by atoms with E-state index in [1.165, 1.54) is 39.0 Å². The van der Waals surface area contributed by atoms with E-state index in [2.05, 4.69) is 5.32 Å². The van der Waals surface area contributed by atoms with E-state index in [4.69, 9.17) is 4.74 Å². The van der Waals surface area contributed by atoms with Crippen molar-refractivity contribution in [3.05, 3.63) is 57.5 Å². The molecule has 0 bridgehead atoms. The van der Waals surface area contributed by atoms with Crippen molar-refractivity contribution in [2.75, 3.05) is 5.32 Å². The van der Waals surface area contributed by atoms with Gasteiger partial charge in [0, 0.05) is 24.8 Å². The topological polar surface area (TPSA) is 77.4 Å². The molecule has 1 saturated carbocycles. The van der Waals surface area contributed by atoms with Crippen molar-refractivity contribution in [2.24, 2.45) is 5.92 Å². The zero-order valence-corrected chi connectivity index (χ0v) is 19.5. The highest BCUT2D eigenvalue weighted by atomic mass is 16.5. The molecule has 0 spiro atoms. The summed E-state index contributed by atoms with van der Waals surface area (Å²) in [6, 6.07) is 8.43. The van der Waals surface area contributed by atoms with E-state index in [0.29, 0.717) is 17.4 Å². The Bertz CT molecular complexity index is 1050. The molecule has 0 aliphatic heterocycles. The maximum absolute atomic E-state index is 13.6. The van der Waals surface area contributed by atoms with E-state index in [-0.39, 0.29) is 17.0 Å². The number of carbonyl (C=O) groups excluding carboxylic acids is 2. The number of rotatable bonds is 5. The molecule has 2 aromatic rings. The smallest absolute Gasteiger partial charge is 0.308 e. The van der Waals surface area contributed by atoms with E-state index >= 15 is 0 Å². The molecule has 1 aromatic heterocycles. The van der Waals surface area contributed by atoms with Crippen LogP contribution in [0.1, 0.15) is 86.3 Å². The fraction of sp³-hybridized carbons (Fsp3) is 0.519. The summed E-state index contributed by atoms with van der Waals surface area (Å²) < 4.78 is 6.98. The predicted octanol–water partition coefficient (Wildman–Crippen LogP) is 5.27. The van der Waals surface area contributed by atoms with Crippen molar-refractivity contribution in [3.8, 4) is 5.75 Å². The minimum Gasteiger partial charge on any atom is -0.427 e. The van der Waals surface area contributed by atoms with Crippen LogP contribution in [0.25, 0.3) is 0 Å². The van der Waals surface area contributed by atoms with Crippen LogP contribution in [-0.4, -0.2) is 16.4 Å². The molecule has 4 rings (SSSR count). The van der Waals surface area contributed by atoms with Gasteiger partial charge in [0.2, 0.25) is 0 Å².